The lowest BCUT2D eigenvalue weighted by Crippen LogP contribution is -2.45. The Morgan fingerprint density at radius 3 is 1.46 bits per heavy atom. The van der Waals surface area contributed by atoms with Crippen LogP contribution in [0.1, 0.15) is 19.3 Å². The summed E-state index contributed by atoms with van der Waals surface area (Å²) >= 11 is 0. The quantitative estimate of drug-likeness (QED) is 0.597. The van der Waals surface area contributed by atoms with Gasteiger partial charge in [-0.1, -0.05) is 6.42 Å². The first-order valence-corrected chi connectivity index (χ1v) is 6.20. The van der Waals surface area contributed by atoms with Crippen molar-refractivity contribution in [3.8, 4) is 0 Å². The average Bonchev–Trinajstić information content (AvgIpc) is 2.38. The zero-order valence-electron chi connectivity index (χ0n) is 12.3. The highest BCUT2D eigenvalue weighted by molar-refractivity contribution is 5.79. The number of likely N-dealkylation sites (tertiary alicyclic amines) is 1. The van der Waals surface area contributed by atoms with Crippen LogP contribution < -0.4 is 5.73 Å². The summed E-state index contributed by atoms with van der Waals surface area (Å²) in [6.45, 7) is 1.01. The fraction of sp³-hybridized carbons (Fsp3) is 0.727. The van der Waals surface area contributed by atoms with E-state index in [2.05, 4.69) is 0 Å². The smallest absolute Gasteiger partial charge is 0.475 e. The molecule has 0 aliphatic carbocycles. The Balaban J connectivity index is 0. The maximum Gasteiger partial charge on any atom is 0.490 e. The SMILES string of the molecule is CN1CCCCC1C(N)=O.O=C(O)C(F)(F)F.O=C(O)C(F)(F)F. The Kier molecular flexibility index (Phi) is 10.0. The number of likely N-dealkylation sites (N-methyl/N-ethyl adjacent to an activating group) is 1. The van der Waals surface area contributed by atoms with Crippen molar-refractivity contribution < 1.29 is 50.9 Å². The molecular weight excluding hydrogens is 354 g/mol. The van der Waals surface area contributed by atoms with Crippen molar-refractivity contribution in [1.82, 2.24) is 4.90 Å². The van der Waals surface area contributed by atoms with Gasteiger partial charge in [-0.2, -0.15) is 26.3 Å². The van der Waals surface area contributed by atoms with Crippen LogP contribution >= 0.6 is 0 Å². The first-order valence-electron chi connectivity index (χ1n) is 6.20. The Bertz CT molecular complexity index is 414. The fourth-order valence-corrected chi connectivity index (χ4v) is 1.43. The Morgan fingerprint density at radius 2 is 1.29 bits per heavy atom. The van der Waals surface area contributed by atoms with Gasteiger partial charge in [0.2, 0.25) is 5.91 Å². The highest BCUT2D eigenvalue weighted by Crippen LogP contribution is 2.14. The van der Waals surface area contributed by atoms with E-state index >= 15 is 0 Å². The second kappa shape index (κ2) is 9.95. The molecule has 1 aliphatic rings. The molecule has 1 saturated heterocycles. The van der Waals surface area contributed by atoms with E-state index in [4.69, 9.17) is 25.5 Å². The molecule has 0 radical (unpaired) electrons. The van der Waals surface area contributed by atoms with Gasteiger partial charge in [0.1, 0.15) is 0 Å². The molecule has 0 spiro atoms. The van der Waals surface area contributed by atoms with Gasteiger partial charge in [-0.05, 0) is 26.4 Å². The third-order valence-electron chi connectivity index (χ3n) is 2.58. The molecule has 1 heterocycles. The highest BCUT2D eigenvalue weighted by atomic mass is 19.4. The number of carbonyl (C=O) groups is 3. The van der Waals surface area contributed by atoms with Crippen LogP contribution in [-0.4, -0.2) is 64.9 Å². The van der Waals surface area contributed by atoms with Gasteiger partial charge < -0.3 is 15.9 Å². The number of rotatable bonds is 1. The van der Waals surface area contributed by atoms with Crippen molar-refractivity contribution in [2.24, 2.45) is 5.73 Å². The summed E-state index contributed by atoms with van der Waals surface area (Å²) in [5.41, 5.74) is 5.18. The van der Waals surface area contributed by atoms with Gasteiger partial charge in [0.05, 0.1) is 6.04 Å². The number of nitrogens with two attached hydrogens (primary N) is 1. The number of alkyl halides is 6. The second-order valence-electron chi connectivity index (χ2n) is 4.50. The van der Waals surface area contributed by atoms with Crippen LogP contribution in [-0.2, 0) is 14.4 Å². The fourth-order valence-electron chi connectivity index (χ4n) is 1.43. The van der Waals surface area contributed by atoms with Crippen LogP contribution in [0.4, 0.5) is 26.3 Å². The van der Waals surface area contributed by atoms with Gasteiger partial charge >= 0.3 is 24.3 Å². The molecule has 1 aliphatic heterocycles. The molecule has 1 fully saturated rings. The van der Waals surface area contributed by atoms with Crippen molar-refractivity contribution in [1.29, 1.82) is 0 Å². The van der Waals surface area contributed by atoms with Crippen molar-refractivity contribution in [3.05, 3.63) is 0 Å². The maximum absolute atomic E-state index is 10.7. The average molecular weight is 370 g/mol. The number of carboxylic acids is 2. The van der Waals surface area contributed by atoms with Crippen LogP contribution in [0.2, 0.25) is 0 Å². The molecule has 0 bridgehead atoms. The summed E-state index contributed by atoms with van der Waals surface area (Å²) in [6, 6.07) is -0.00579. The first kappa shape index (κ1) is 24.2. The van der Waals surface area contributed by atoms with E-state index in [0.29, 0.717) is 0 Å². The van der Waals surface area contributed by atoms with E-state index in [1.807, 2.05) is 11.9 Å². The lowest BCUT2D eigenvalue weighted by atomic mass is 10.0. The Hall–Kier alpha value is -2.05. The van der Waals surface area contributed by atoms with Gasteiger partial charge in [0.15, 0.2) is 0 Å². The monoisotopic (exact) mass is 370 g/mol. The van der Waals surface area contributed by atoms with Crippen molar-refractivity contribution >= 4 is 17.8 Å². The van der Waals surface area contributed by atoms with Crippen LogP contribution in [0.15, 0.2) is 0 Å². The summed E-state index contributed by atoms with van der Waals surface area (Å²) in [6.07, 6.45) is -6.90. The van der Waals surface area contributed by atoms with E-state index < -0.39 is 24.3 Å². The first-order chi connectivity index (χ1) is 10.6. The largest absolute Gasteiger partial charge is 0.490 e. The predicted molar refractivity (Wildman–Crippen MR) is 66.8 cm³/mol. The Labute approximate surface area is 132 Å². The lowest BCUT2D eigenvalue weighted by molar-refractivity contribution is -0.193. The van der Waals surface area contributed by atoms with E-state index in [1.54, 1.807) is 0 Å². The number of carboxylic acid groups (broad SMARTS) is 2. The molecule has 4 N–H and O–H groups in total. The predicted octanol–water partition coefficient (Wildman–Crippen LogP) is 1.22. The normalized spacial score (nSPS) is 18.4. The van der Waals surface area contributed by atoms with Gasteiger partial charge in [-0.3, -0.25) is 9.69 Å². The summed E-state index contributed by atoms with van der Waals surface area (Å²) in [5, 5.41) is 14.2. The molecule has 1 unspecified atom stereocenters. The number of amides is 1. The summed E-state index contributed by atoms with van der Waals surface area (Å²) in [5.74, 6) is -5.69. The zero-order valence-corrected chi connectivity index (χ0v) is 12.3. The maximum atomic E-state index is 10.7. The number of nitrogens with zero attached hydrogens (tertiary/aromatic N) is 1. The molecule has 13 heteroatoms. The minimum absolute atomic E-state index is 0.00579. The van der Waals surface area contributed by atoms with Gasteiger partial charge in [-0.15, -0.1) is 0 Å². The van der Waals surface area contributed by atoms with Crippen molar-refractivity contribution in [2.45, 2.75) is 37.7 Å². The molecular formula is C11H16F6N2O5. The number of aliphatic carboxylic acids is 2. The van der Waals surface area contributed by atoms with Crippen molar-refractivity contribution in [3.63, 3.8) is 0 Å². The van der Waals surface area contributed by atoms with Crippen molar-refractivity contribution in [2.75, 3.05) is 13.6 Å². The molecule has 24 heavy (non-hydrogen) atoms. The van der Waals surface area contributed by atoms with Crippen LogP contribution in [0.3, 0.4) is 0 Å². The minimum atomic E-state index is -5.08. The summed E-state index contributed by atoms with van der Waals surface area (Å²) in [4.78, 5) is 30.6. The molecule has 1 rings (SSSR count). The molecule has 1 amide bonds. The third-order valence-corrected chi connectivity index (χ3v) is 2.58. The Morgan fingerprint density at radius 1 is 0.958 bits per heavy atom. The van der Waals surface area contributed by atoms with E-state index in [-0.39, 0.29) is 11.9 Å². The minimum Gasteiger partial charge on any atom is -0.475 e. The number of hydrogen-bond acceptors (Lipinski definition) is 4. The number of carbonyl (C=O) groups excluding carboxylic acids is 1. The molecule has 1 atom stereocenters. The topological polar surface area (TPSA) is 121 Å². The lowest BCUT2D eigenvalue weighted by Gasteiger charge is -2.29. The van der Waals surface area contributed by atoms with E-state index in [1.165, 1.54) is 6.42 Å². The number of halogens is 6. The molecule has 0 aromatic rings. The molecule has 0 aromatic heterocycles. The number of primary amides is 1. The summed E-state index contributed by atoms with van der Waals surface area (Å²) < 4.78 is 63.5. The molecule has 0 saturated carbocycles. The second-order valence-corrected chi connectivity index (χ2v) is 4.50. The third kappa shape index (κ3) is 11.5. The highest BCUT2D eigenvalue weighted by Gasteiger charge is 2.38. The number of piperidine rings is 1. The van der Waals surface area contributed by atoms with Crippen LogP contribution in [0.25, 0.3) is 0 Å². The van der Waals surface area contributed by atoms with Crippen LogP contribution in [0, 0.1) is 0 Å². The summed E-state index contributed by atoms with van der Waals surface area (Å²) in [7, 11) is 1.95. The molecule has 7 nitrogen and oxygen atoms in total. The molecule has 0 aromatic carbocycles. The van der Waals surface area contributed by atoms with E-state index in [0.717, 1.165) is 19.4 Å². The standard InChI is InChI=1S/C7H14N2O.2C2HF3O2/c1-9-5-3-2-4-6(9)7(8)10;2*3-2(4,5)1(6)7/h6H,2-5H2,1H3,(H2,8,10);2*(H,6,7). The van der Waals surface area contributed by atoms with Gasteiger partial charge in [0, 0.05) is 0 Å². The zero-order chi connectivity index (χ0) is 19.7. The van der Waals surface area contributed by atoms with Gasteiger partial charge in [0.25, 0.3) is 0 Å². The van der Waals surface area contributed by atoms with Gasteiger partial charge in [-0.25, -0.2) is 9.59 Å². The molecule has 142 valence electrons. The van der Waals surface area contributed by atoms with Crippen LogP contribution in [0.5, 0.6) is 0 Å². The van der Waals surface area contributed by atoms with E-state index in [9.17, 15) is 31.1 Å². The number of hydrogen-bond donors (Lipinski definition) is 3.